The number of nitro benzene ring substituents is 1. The van der Waals surface area contributed by atoms with Gasteiger partial charge in [0.25, 0.3) is 23.4 Å². The summed E-state index contributed by atoms with van der Waals surface area (Å²) in [5.74, 6) is -2.58. The van der Waals surface area contributed by atoms with Gasteiger partial charge in [-0.1, -0.05) is 6.07 Å². The number of rotatable bonds is 5. The van der Waals surface area contributed by atoms with Crippen molar-refractivity contribution in [2.45, 2.75) is 0 Å². The lowest BCUT2D eigenvalue weighted by Crippen LogP contribution is -2.46. The molecule has 0 fully saturated rings. The summed E-state index contributed by atoms with van der Waals surface area (Å²) >= 11 is 0. The summed E-state index contributed by atoms with van der Waals surface area (Å²) < 4.78 is 12.8. The van der Waals surface area contributed by atoms with Gasteiger partial charge in [-0.25, -0.2) is 4.39 Å². The highest BCUT2D eigenvalue weighted by Crippen LogP contribution is 2.12. The van der Waals surface area contributed by atoms with Crippen LogP contribution in [0.2, 0.25) is 0 Å². The predicted octanol–water partition coefficient (Wildman–Crippen LogP) is 0.925. The number of nitrogens with one attached hydrogen (secondary N) is 3. The fourth-order valence-corrected chi connectivity index (χ4v) is 1.87. The second-order valence-corrected chi connectivity index (χ2v) is 5.00. The molecule has 0 heterocycles. The van der Waals surface area contributed by atoms with Crippen molar-refractivity contribution in [3.8, 4) is 0 Å². The lowest BCUT2D eigenvalue weighted by Gasteiger charge is -2.08. The Balaban J connectivity index is 1.82. The van der Waals surface area contributed by atoms with Crippen LogP contribution in [0.4, 0.5) is 10.1 Å². The molecule has 2 rings (SSSR count). The summed E-state index contributed by atoms with van der Waals surface area (Å²) in [6, 6.07) is 9.67. The number of halogens is 1. The van der Waals surface area contributed by atoms with E-state index in [9.17, 15) is 28.9 Å². The second-order valence-electron chi connectivity index (χ2n) is 5.00. The summed E-state index contributed by atoms with van der Waals surface area (Å²) in [4.78, 5) is 45.3. The maximum atomic E-state index is 12.8. The second kappa shape index (κ2) is 8.33. The van der Waals surface area contributed by atoms with E-state index in [0.717, 1.165) is 18.2 Å². The minimum atomic E-state index is -0.723. The first kappa shape index (κ1) is 18.5. The van der Waals surface area contributed by atoms with E-state index in [-0.39, 0.29) is 16.8 Å². The lowest BCUT2D eigenvalue weighted by molar-refractivity contribution is -0.384. The number of hydrogen-bond acceptors (Lipinski definition) is 5. The number of amides is 3. The van der Waals surface area contributed by atoms with Gasteiger partial charge < -0.3 is 5.32 Å². The van der Waals surface area contributed by atoms with Gasteiger partial charge in [0, 0.05) is 23.3 Å². The van der Waals surface area contributed by atoms with Crippen LogP contribution in [0.3, 0.4) is 0 Å². The molecule has 0 radical (unpaired) electrons. The molecule has 0 aliphatic carbocycles. The van der Waals surface area contributed by atoms with E-state index < -0.39 is 35.0 Å². The quantitative estimate of drug-likeness (QED) is 0.539. The fourth-order valence-electron chi connectivity index (χ4n) is 1.87. The van der Waals surface area contributed by atoms with Crippen LogP contribution in [0.25, 0.3) is 0 Å². The van der Waals surface area contributed by atoms with Gasteiger partial charge in [0.05, 0.1) is 11.5 Å². The van der Waals surface area contributed by atoms with Crippen molar-refractivity contribution in [1.82, 2.24) is 16.2 Å². The van der Waals surface area contributed by atoms with Crippen LogP contribution in [0.1, 0.15) is 20.7 Å². The maximum Gasteiger partial charge on any atom is 0.270 e. The molecule has 0 saturated carbocycles. The van der Waals surface area contributed by atoms with E-state index >= 15 is 0 Å². The molecule has 3 N–H and O–H groups in total. The minimum Gasteiger partial charge on any atom is -0.343 e. The minimum absolute atomic E-state index is 0.0161. The molecule has 0 aliphatic rings. The maximum absolute atomic E-state index is 12.8. The molecule has 2 aromatic carbocycles. The molecule has 0 saturated heterocycles. The number of nitrogens with zero attached hydrogens (tertiary/aromatic N) is 1. The van der Waals surface area contributed by atoms with Gasteiger partial charge in [-0.2, -0.15) is 0 Å². The predicted molar refractivity (Wildman–Crippen MR) is 87.4 cm³/mol. The highest BCUT2D eigenvalue weighted by Gasteiger charge is 2.13. The number of non-ortho nitro benzene ring substituents is 1. The molecule has 0 atom stereocenters. The molecule has 134 valence electrons. The Hall–Kier alpha value is -3.82. The Morgan fingerprint density at radius 3 is 2.31 bits per heavy atom. The summed E-state index contributed by atoms with van der Waals surface area (Å²) in [6.45, 7) is -0.467. The smallest absolute Gasteiger partial charge is 0.270 e. The largest absolute Gasteiger partial charge is 0.343 e. The Labute approximate surface area is 146 Å². The van der Waals surface area contributed by atoms with Gasteiger partial charge in [-0.05, 0) is 30.3 Å². The Morgan fingerprint density at radius 1 is 0.962 bits per heavy atom. The van der Waals surface area contributed by atoms with E-state index in [0.29, 0.717) is 0 Å². The average Bonchev–Trinajstić information content (AvgIpc) is 2.64. The van der Waals surface area contributed by atoms with Crippen molar-refractivity contribution >= 4 is 23.4 Å². The van der Waals surface area contributed by atoms with Gasteiger partial charge in [0.1, 0.15) is 5.82 Å². The molecule has 0 spiro atoms. The van der Waals surface area contributed by atoms with Crippen LogP contribution in [0.5, 0.6) is 0 Å². The zero-order valence-electron chi connectivity index (χ0n) is 13.2. The van der Waals surface area contributed by atoms with Gasteiger partial charge in [0.15, 0.2) is 0 Å². The van der Waals surface area contributed by atoms with Gasteiger partial charge >= 0.3 is 0 Å². The average molecular weight is 360 g/mol. The molecular formula is C16H13FN4O5. The highest BCUT2D eigenvalue weighted by molar-refractivity contribution is 5.98. The molecule has 0 unspecified atom stereocenters. The zero-order chi connectivity index (χ0) is 19.1. The van der Waals surface area contributed by atoms with Crippen molar-refractivity contribution < 1.29 is 23.7 Å². The first-order valence-electron chi connectivity index (χ1n) is 7.24. The van der Waals surface area contributed by atoms with E-state index in [4.69, 9.17) is 0 Å². The van der Waals surface area contributed by atoms with Crippen LogP contribution in [-0.2, 0) is 4.79 Å². The van der Waals surface area contributed by atoms with Crippen molar-refractivity contribution in [2.24, 2.45) is 0 Å². The third-order valence-corrected chi connectivity index (χ3v) is 3.15. The summed E-state index contributed by atoms with van der Waals surface area (Å²) in [5.41, 5.74) is 4.07. The topological polar surface area (TPSA) is 130 Å². The summed E-state index contributed by atoms with van der Waals surface area (Å²) in [5, 5.41) is 12.9. The SMILES string of the molecule is O=C(CNC(=O)c1cccc([N+](=O)[O-])c1)NNC(=O)c1ccc(F)cc1. The molecule has 10 heteroatoms. The standard InChI is InChI=1S/C16H13FN4O5/c17-12-6-4-10(5-7-12)16(24)20-19-14(22)9-18-15(23)11-2-1-3-13(8-11)21(25)26/h1-8H,9H2,(H,18,23)(H,19,22)(H,20,24). The Bertz CT molecular complexity index is 854. The van der Waals surface area contributed by atoms with Crippen molar-refractivity contribution in [1.29, 1.82) is 0 Å². The molecule has 0 aromatic heterocycles. The summed E-state index contributed by atoms with van der Waals surface area (Å²) in [7, 11) is 0. The van der Waals surface area contributed by atoms with Crippen LogP contribution in [-0.4, -0.2) is 29.2 Å². The normalized spacial score (nSPS) is 9.88. The van der Waals surface area contributed by atoms with Crippen molar-refractivity contribution in [2.75, 3.05) is 6.54 Å². The lowest BCUT2D eigenvalue weighted by atomic mass is 10.2. The molecule has 3 amide bonds. The third-order valence-electron chi connectivity index (χ3n) is 3.15. The number of benzene rings is 2. The number of nitro groups is 1. The van der Waals surface area contributed by atoms with Crippen LogP contribution < -0.4 is 16.2 Å². The van der Waals surface area contributed by atoms with Gasteiger partial charge in [0.2, 0.25) is 0 Å². The fraction of sp³-hybridized carbons (Fsp3) is 0.0625. The monoisotopic (exact) mass is 360 g/mol. The molecule has 0 bridgehead atoms. The van der Waals surface area contributed by atoms with Crippen LogP contribution in [0.15, 0.2) is 48.5 Å². The number of hydrazine groups is 1. The first-order chi connectivity index (χ1) is 12.4. The zero-order valence-corrected chi connectivity index (χ0v) is 13.2. The number of hydrogen-bond donors (Lipinski definition) is 3. The molecule has 26 heavy (non-hydrogen) atoms. The molecular weight excluding hydrogens is 347 g/mol. The molecule has 2 aromatic rings. The van der Waals surface area contributed by atoms with Crippen molar-refractivity contribution in [3.63, 3.8) is 0 Å². The van der Waals surface area contributed by atoms with E-state index in [1.807, 2.05) is 0 Å². The first-order valence-corrected chi connectivity index (χ1v) is 7.24. The Morgan fingerprint density at radius 2 is 1.65 bits per heavy atom. The van der Waals surface area contributed by atoms with Gasteiger partial charge in [-0.15, -0.1) is 0 Å². The van der Waals surface area contributed by atoms with E-state index in [2.05, 4.69) is 16.2 Å². The number of carbonyl (C=O) groups is 3. The molecule has 0 aliphatic heterocycles. The highest BCUT2D eigenvalue weighted by atomic mass is 19.1. The van der Waals surface area contributed by atoms with Crippen LogP contribution in [0, 0.1) is 15.9 Å². The molecule has 9 nitrogen and oxygen atoms in total. The Kier molecular flexibility index (Phi) is 5.93. The van der Waals surface area contributed by atoms with E-state index in [1.165, 1.54) is 30.3 Å². The van der Waals surface area contributed by atoms with Crippen molar-refractivity contribution in [3.05, 3.63) is 75.6 Å². The van der Waals surface area contributed by atoms with E-state index in [1.54, 1.807) is 0 Å². The summed E-state index contributed by atoms with van der Waals surface area (Å²) in [6.07, 6.45) is 0. The van der Waals surface area contributed by atoms with Gasteiger partial charge in [-0.3, -0.25) is 35.3 Å². The number of carbonyl (C=O) groups excluding carboxylic acids is 3. The third kappa shape index (κ3) is 5.09. The van der Waals surface area contributed by atoms with Crippen LogP contribution >= 0.6 is 0 Å².